The monoisotopic (exact) mass is 568 g/mol. The Morgan fingerprint density at radius 1 is 1.10 bits per heavy atom. The molecule has 0 saturated heterocycles. The van der Waals surface area contributed by atoms with Crippen molar-refractivity contribution in [2.75, 3.05) is 25.1 Å². The Kier molecular flexibility index (Phi) is 8.47. The van der Waals surface area contributed by atoms with Crippen molar-refractivity contribution in [2.24, 2.45) is 0 Å². The van der Waals surface area contributed by atoms with Gasteiger partial charge in [0.25, 0.3) is 5.91 Å². The summed E-state index contributed by atoms with van der Waals surface area (Å²) >= 11 is 0. The van der Waals surface area contributed by atoms with E-state index in [1.54, 1.807) is 11.4 Å². The summed E-state index contributed by atoms with van der Waals surface area (Å²) in [5, 5.41) is 11.0. The molecule has 0 radical (unpaired) electrons. The zero-order chi connectivity index (χ0) is 30.0. The van der Waals surface area contributed by atoms with Gasteiger partial charge in [0.2, 0.25) is 0 Å². The molecule has 1 atom stereocenters. The van der Waals surface area contributed by atoms with E-state index in [1.807, 2.05) is 0 Å². The molecule has 0 aliphatic carbocycles. The molecular formula is C26H22F6N4O4. The first-order valence-electron chi connectivity index (χ1n) is 11.6. The number of amides is 3. The average Bonchev–Trinajstić information content (AvgIpc) is 2.88. The maximum absolute atomic E-state index is 13.6. The van der Waals surface area contributed by atoms with E-state index in [2.05, 4.69) is 0 Å². The Balaban J connectivity index is 2.25. The Morgan fingerprint density at radius 2 is 1.77 bits per heavy atom. The Bertz CT molecular complexity index is 1410. The molecule has 2 aromatic rings. The third kappa shape index (κ3) is 6.19. The van der Waals surface area contributed by atoms with Gasteiger partial charge in [0.1, 0.15) is 6.54 Å². The highest BCUT2D eigenvalue weighted by Crippen LogP contribution is 2.41. The minimum absolute atomic E-state index is 0.0883. The number of ether oxygens (including phenoxy) is 1. The summed E-state index contributed by atoms with van der Waals surface area (Å²) in [7, 11) is 1.20. The number of carbonyl (C=O) groups excluding carboxylic acids is 3. The van der Waals surface area contributed by atoms with Crippen LogP contribution in [0.4, 0.5) is 36.8 Å². The summed E-state index contributed by atoms with van der Waals surface area (Å²) in [5.41, 5.74) is -2.27. The molecule has 1 N–H and O–H groups in total. The number of halogens is 6. The molecule has 0 fully saturated rings. The summed E-state index contributed by atoms with van der Waals surface area (Å²) in [6.45, 7) is 0.959. The molecular weight excluding hydrogens is 546 g/mol. The summed E-state index contributed by atoms with van der Waals surface area (Å²) in [6, 6.07) is 6.75. The molecule has 40 heavy (non-hydrogen) atoms. The van der Waals surface area contributed by atoms with Crippen LogP contribution in [-0.4, -0.2) is 49.2 Å². The molecule has 0 saturated carbocycles. The van der Waals surface area contributed by atoms with E-state index in [0.29, 0.717) is 0 Å². The topological polar surface area (TPSA) is 103 Å². The van der Waals surface area contributed by atoms with Gasteiger partial charge in [0, 0.05) is 18.3 Å². The molecule has 0 spiro atoms. The van der Waals surface area contributed by atoms with Crippen LogP contribution in [-0.2, 0) is 15.7 Å². The summed E-state index contributed by atoms with van der Waals surface area (Å²) in [5.74, 6) is -2.21. The van der Waals surface area contributed by atoms with Crippen LogP contribution in [0.1, 0.15) is 46.9 Å². The highest BCUT2D eigenvalue weighted by atomic mass is 19.4. The molecule has 1 aliphatic heterocycles. The van der Waals surface area contributed by atoms with E-state index < -0.39 is 54.0 Å². The number of anilines is 1. The molecule has 3 amide bonds. The fraction of sp³-hybridized carbons (Fsp3) is 0.308. The van der Waals surface area contributed by atoms with Gasteiger partial charge in [0.15, 0.2) is 0 Å². The van der Waals surface area contributed by atoms with Crippen LogP contribution in [0.25, 0.3) is 0 Å². The van der Waals surface area contributed by atoms with E-state index in [9.17, 15) is 46.0 Å². The van der Waals surface area contributed by atoms with Crippen LogP contribution in [0.2, 0.25) is 0 Å². The second-order valence-electron chi connectivity index (χ2n) is 8.61. The number of benzene rings is 2. The smallest absolute Gasteiger partial charge is 0.416 e. The maximum atomic E-state index is 13.6. The molecule has 2 aromatic carbocycles. The minimum atomic E-state index is -4.75. The van der Waals surface area contributed by atoms with Crippen molar-refractivity contribution in [3.05, 3.63) is 76.0 Å². The zero-order valence-electron chi connectivity index (χ0n) is 21.3. The standard InChI is InChI=1S/C26H22F6N4O4/c1-4-40-23(38)20-14(2)36(17-7-5-6-16(11-17)26(30,31)32)24(39)35(3)21(20)18-9-8-15(12-33)10-19(18)22(37)34-13-25(27,28)29/h5-11,21H,4,13H2,1-3H3,(H,34,37). The number of likely N-dealkylation sites (N-methyl/N-ethyl adjacent to an activating group) is 1. The number of nitriles is 1. The van der Waals surface area contributed by atoms with Crippen molar-refractivity contribution in [3.8, 4) is 6.07 Å². The second kappa shape index (κ2) is 11.3. The SMILES string of the molecule is CCOC(=O)C1=C(C)N(c2cccc(C(F)(F)F)c2)C(=O)N(C)C1c1ccc(C#N)cc1C(=O)NCC(F)(F)F. The molecule has 1 heterocycles. The number of esters is 1. The van der Waals surface area contributed by atoms with Gasteiger partial charge in [-0.2, -0.15) is 31.6 Å². The molecule has 3 rings (SSSR count). The number of nitrogens with zero attached hydrogens (tertiary/aromatic N) is 3. The minimum Gasteiger partial charge on any atom is -0.463 e. The molecule has 0 bridgehead atoms. The highest BCUT2D eigenvalue weighted by Gasteiger charge is 2.43. The number of carbonyl (C=O) groups is 3. The number of rotatable bonds is 6. The zero-order valence-corrected chi connectivity index (χ0v) is 21.3. The van der Waals surface area contributed by atoms with Crippen LogP contribution in [0.5, 0.6) is 0 Å². The lowest BCUT2D eigenvalue weighted by molar-refractivity contribution is -0.139. The number of alkyl halides is 6. The van der Waals surface area contributed by atoms with Crippen LogP contribution in [0, 0.1) is 11.3 Å². The van der Waals surface area contributed by atoms with Gasteiger partial charge in [0.05, 0.1) is 41.1 Å². The van der Waals surface area contributed by atoms with Gasteiger partial charge < -0.3 is 15.0 Å². The van der Waals surface area contributed by atoms with Crippen molar-refractivity contribution in [3.63, 3.8) is 0 Å². The number of urea groups is 1. The van der Waals surface area contributed by atoms with Gasteiger partial charge in [-0.3, -0.25) is 9.69 Å². The van der Waals surface area contributed by atoms with Gasteiger partial charge in [-0.1, -0.05) is 12.1 Å². The number of hydrogen-bond acceptors (Lipinski definition) is 5. The van der Waals surface area contributed by atoms with Crippen molar-refractivity contribution in [1.29, 1.82) is 5.26 Å². The summed E-state index contributed by atoms with van der Waals surface area (Å²) < 4.78 is 83.7. The van der Waals surface area contributed by atoms with Crippen molar-refractivity contribution in [1.82, 2.24) is 10.2 Å². The lowest BCUT2D eigenvalue weighted by Crippen LogP contribution is -2.49. The molecule has 14 heteroatoms. The first-order chi connectivity index (χ1) is 18.6. The van der Waals surface area contributed by atoms with Crippen LogP contribution < -0.4 is 10.2 Å². The lowest BCUT2D eigenvalue weighted by atomic mass is 9.89. The normalized spacial score (nSPS) is 16.1. The number of allylic oxidation sites excluding steroid dienone is 1. The predicted octanol–water partition coefficient (Wildman–Crippen LogP) is 5.32. The van der Waals surface area contributed by atoms with Crippen molar-refractivity contribution in [2.45, 2.75) is 32.2 Å². The molecule has 212 valence electrons. The average molecular weight is 568 g/mol. The largest absolute Gasteiger partial charge is 0.463 e. The van der Waals surface area contributed by atoms with Crippen molar-refractivity contribution < 1.29 is 45.5 Å². The number of hydrogen-bond donors (Lipinski definition) is 1. The third-order valence-corrected chi connectivity index (χ3v) is 5.98. The van der Waals surface area contributed by atoms with E-state index in [1.165, 1.54) is 39.1 Å². The Hall–Kier alpha value is -4.54. The highest BCUT2D eigenvalue weighted by molar-refractivity contribution is 6.04. The second-order valence-corrected chi connectivity index (χ2v) is 8.61. The van der Waals surface area contributed by atoms with Crippen LogP contribution in [0.15, 0.2) is 53.7 Å². The van der Waals surface area contributed by atoms with Gasteiger partial charge >= 0.3 is 24.4 Å². The first-order valence-corrected chi connectivity index (χ1v) is 11.6. The Labute approximate surface area is 224 Å². The molecule has 1 unspecified atom stereocenters. The van der Waals surface area contributed by atoms with Crippen LogP contribution >= 0.6 is 0 Å². The van der Waals surface area contributed by atoms with Crippen LogP contribution in [0.3, 0.4) is 0 Å². The first kappa shape index (κ1) is 30.0. The van der Waals surface area contributed by atoms with Gasteiger partial charge in [-0.05, 0) is 49.7 Å². The lowest BCUT2D eigenvalue weighted by Gasteiger charge is -2.41. The number of nitrogens with one attached hydrogen (secondary N) is 1. The molecule has 0 aromatic heterocycles. The maximum Gasteiger partial charge on any atom is 0.416 e. The predicted molar refractivity (Wildman–Crippen MR) is 129 cm³/mol. The Morgan fingerprint density at radius 3 is 2.35 bits per heavy atom. The van der Waals surface area contributed by atoms with Gasteiger partial charge in [-0.25, -0.2) is 9.59 Å². The van der Waals surface area contributed by atoms with E-state index in [-0.39, 0.29) is 34.7 Å². The summed E-state index contributed by atoms with van der Waals surface area (Å²) in [6.07, 6.45) is -9.48. The quantitative estimate of drug-likeness (QED) is 0.376. The van der Waals surface area contributed by atoms with E-state index in [0.717, 1.165) is 34.1 Å². The van der Waals surface area contributed by atoms with E-state index in [4.69, 9.17) is 4.74 Å². The third-order valence-electron chi connectivity index (χ3n) is 5.98. The summed E-state index contributed by atoms with van der Waals surface area (Å²) in [4.78, 5) is 41.4. The van der Waals surface area contributed by atoms with E-state index >= 15 is 0 Å². The fourth-order valence-corrected chi connectivity index (χ4v) is 4.22. The fourth-order valence-electron chi connectivity index (χ4n) is 4.22. The molecule has 1 aliphatic rings. The van der Waals surface area contributed by atoms with Gasteiger partial charge in [-0.15, -0.1) is 0 Å². The molecule has 8 nitrogen and oxygen atoms in total. The van der Waals surface area contributed by atoms with Crippen molar-refractivity contribution >= 4 is 23.6 Å².